The zero-order chi connectivity index (χ0) is 28.7. The van der Waals surface area contributed by atoms with Crippen molar-refractivity contribution in [2.45, 2.75) is 62.2 Å². The first-order valence-corrected chi connectivity index (χ1v) is 13.3. The number of nitrogens with zero attached hydrogens (tertiary/aromatic N) is 1. The molecule has 2 aromatic carbocycles. The van der Waals surface area contributed by atoms with E-state index in [1.54, 1.807) is 0 Å². The van der Waals surface area contributed by atoms with Crippen molar-refractivity contribution in [2.75, 3.05) is 5.75 Å². The molecule has 200 valence electrons. The molecule has 1 amide bonds. The molecule has 2 N–H and O–H groups in total. The van der Waals surface area contributed by atoms with E-state index in [0.717, 1.165) is 17.0 Å². The van der Waals surface area contributed by atoms with Gasteiger partial charge in [-0.1, -0.05) is 18.2 Å². The molecule has 2 saturated carbocycles. The van der Waals surface area contributed by atoms with Crippen LogP contribution in [0.4, 0.5) is 22.0 Å². The fraction of sp³-hybridized carbons (Fsp3) is 0.480. The molecular weight excluding hydrogens is 519 g/mol. The molecule has 0 radical (unpaired) electrons. The summed E-state index contributed by atoms with van der Waals surface area (Å²) in [4.78, 5) is 14.3. The number of nitrogens with one attached hydrogen (secondary N) is 1. The van der Waals surface area contributed by atoms with Gasteiger partial charge in [0, 0.05) is 39.3 Å². The van der Waals surface area contributed by atoms with Crippen LogP contribution >= 0.6 is 0 Å². The SMILES string of the molecule is [2H]C1([2H])[C@H]2[C@H](NS(=O)(=O)CC)[C@H](Cc3cccc(-c4cc(F)cc(F)c4)c3F)N(C(=O)C3(O)CC(F)(F)C3)[C@H]21. The summed E-state index contributed by atoms with van der Waals surface area (Å²) in [5, 5.41) is 10.7. The number of benzene rings is 2. The first-order valence-electron chi connectivity index (χ1n) is 12.7. The summed E-state index contributed by atoms with van der Waals surface area (Å²) in [6, 6.07) is 2.71. The molecule has 2 aromatic rings. The number of piperidine rings is 1. The Kier molecular flexibility index (Phi) is 5.56. The van der Waals surface area contributed by atoms with Gasteiger partial charge in [0.2, 0.25) is 10.0 Å². The Hall–Kier alpha value is -2.57. The predicted molar refractivity (Wildman–Crippen MR) is 124 cm³/mol. The first-order chi connectivity index (χ1) is 18.0. The van der Waals surface area contributed by atoms with Crippen LogP contribution in [0, 0.1) is 23.4 Å². The number of fused-ring (bicyclic) bond motifs is 1. The van der Waals surface area contributed by atoms with Crippen molar-refractivity contribution in [3.8, 4) is 11.1 Å². The number of carbonyl (C=O) groups excluding carboxylic acids is 1. The molecule has 12 heteroatoms. The quantitative estimate of drug-likeness (QED) is 0.522. The second-order valence-corrected chi connectivity index (χ2v) is 11.9. The average molecular weight is 547 g/mol. The highest BCUT2D eigenvalue weighted by atomic mass is 32.2. The van der Waals surface area contributed by atoms with Crippen molar-refractivity contribution in [3.63, 3.8) is 0 Å². The summed E-state index contributed by atoms with van der Waals surface area (Å²) in [6.07, 6.45) is -4.84. The molecule has 1 saturated heterocycles. The van der Waals surface area contributed by atoms with Crippen molar-refractivity contribution < 1.29 is 43.0 Å². The van der Waals surface area contributed by atoms with Gasteiger partial charge in [0.05, 0.1) is 11.8 Å². The van der Waals surface area contributed by atoms with Crippen LogP contribution in [0.1, 0.15) is 34.4 Å². The van der Waals surface area contributed by atoms with Gasteiger partial charge in [-0.15, -0.1) is 0 Å². The van der Waals surface area contributed by atoms with Gasteiger partial charge in [-0.2, -0.15) is 0 Å². The topological polar surface area (TPSA) is 86.7 Å². The normalized spacial score (nSPS) is 29.6. The molecule has 6 nitrogen and oxygen atoms in total. The van der Waals surface area contributed by atoms with E-state index in [2.05, 4.69) is 4.72 Å². The highest BCUT2D eigenvalue weighted by Crippen LogP contribution is 2.53. The van der Waals surface area contributed by atoms with Crippen molar-refractivity contribution >= 4 is 15.9 Å². The molecule has 4 atom stereocenters. The molecule has 0 unspecified atom stereocenters. The number of likely N-dealkylation sites (tertiary alicyclic amines) is 1. The average Bonchev–Trinajstić information content (AvgIpc) is 3.20. The number of hydrogen-bond acceptors (Lipinski definition) is 4. The summed E-state index contributed by atoms with van der Waals surface area (Å²) >= 11 is 0. The Labute approximate surface area is 213 Å². The number of sulfonamides is 1. The van der Waals surface area contributed by atoms with Crippen LogP contribution in [0.2, 0.25) is 0 Å². The minimum atomic E-state index is -3.96. The molecule has 2 aliphatic carbocycles. The molecule has 0 spiro atoms. The van der Waals surface area contributed by atoms with E-state index in [0.29, 0.717) is 6.07 Å². The van der Waals surface area contributed by atoms with Crippen molar-refractivity contribution in [3.05, 3.63) is 59.4 Å². The number of alkyl halides is 2. The Morgan fingerprint density at radius 3 is 2.43 bits per heavy atom. The molecule has 0 aromatic heterocycles. The maximum absolute atomic E-state index is 15.7. The summed E-state index contributed by atoms with van der Waals surface area (Å²) < 4.78 is 115. The zero-order valence-electron chi connectivity index (χ0n) is 21.5. The molecule has 1 aliphatic heterocycles. The molecule has 37 heavy (non-hydrogen) atoms. The van der Waals surface area contributed by atoms with Crippen molar-refractivity contribution in [1.29, 1.82) is 0 Å². The Morgan fingerprint density at radius 2 is 1.84 bits per heavy atom. The molecule has 1 heterocycles. The van der Waals surface area contributed by atoms with E-state index in [4.69, 9.17) is 2.74 Å². The van der Waals surface area contributed by atoms with E-state index in [9.17, 15) is 35.9 Å². The minimum Gasteiger partial charge on any atom is -0.380 e. The van der Waals surface area contributed by atoms with E-state index < -0.39 is 94.6 Å². The van der Waals surface area contributed by atoms with Gasteiger partial charge in [0.1, 0.15) is 17.5 Å². The lowest BCUT2D eigenvalue weighted by molar-refractivity contribution is -0.216. The van der Waals surface area contributed by atoms with Crippen LogP contribution in [-0.4, -0.2) is 59.7 Å². The van der Waals surface area contributed by atoms with Gasteiger partial charge in [-0.3, -0.25) is 4.79 Å². The summed E-state index contributed by atoms with van der Waals surface area (Å²) in [6.45, 7) is 1.34. The van der Waals surface area contributed by atoms with Crippen LogP contribution < -0.4 is 4.72 Å². The molecular formula is C25H25F5N2O4S. The van der Waals surface area contributed by atoms with Gasteiger partial charge in [0.25, 0.3) is 11.8 Å². The zero-order valence-corrected chi connectivity index (χ0v) is 20.3. The van der Waals surface area contributed by atoms with E-state index in [1.165, 1.54) is 25.1 Å². The van der Waals surface area contributed by atoms with Gasteiger partial charge in [0.15, 0.2) is 5.60 Å². The fourth-order valence-corrected chi connectivity index (χ4v) is 6.23. The molecule has 0 bridgehead atoms. The minimum absolute atomic E-state index is 0.0894. The number of halogens is 5. The third-order valence-electron chi connectivity index (χ3n) is 7.16. The highest BCUT2D eigenvalue weighted by Gasteiger charge is 2.67. The highest BCUT2D eigenvalue weighted by molar-refractivity contribution is 7.89. The fourth-order valence-electron chi connectivity index (χ4n) is 5.35. The summed E-state index contributed by atoms with van der Waals surface area (Å²) in [7, 11) is -3.96. The van der Waals surface area contributed by atoms with Gasteiger partial charge in [-0.05, 0) is 48.9 Å². The number of aliphatic hydroxyl groups is 1. The number of hydrogen-bond donors (Lipinski definition) is 2. The summed E-state index contributed by atoms with van der Waals surface area (Å²) in [5.41, 5.74) is -2.86. The van der Waals surface area contributed by atoms with Gasteiger partial charge >= 0.3 is 0 Å². The number of rotatable bonds is 7. The first kappa shape index (κ1) is 23.5. The lowest BCUT2D eigenvalue weighted by Crippen LogP contribution is -2.64. The monoisotopic (exact) mass is 546 g/mol. The lowest BCUT2D eigenvalue weighted by Gasteiger charge is -2.45. The third-order valence-corrected chi connectivity index (χ3v) is 8.56. The van der Waals surface area contributed by atoms with Crippen molar-refractivity contribution in [2.24, 2.45) is 5.92 Å². The van der Waals surface area contributed by atoms with E-state index >= 15 is 4.39 Å². The Balaban J connectivity index is 1.55. The van der Waals surface area contributed by atoms with Crippen molar-refractivity contribution in [1.82, 2.24) is 9.62 Å². The van der Waals surface area contributed by atoms with Gasteiger partial charge < -0.3 is 10.0 Å². The molecule has 5 rings (SSSR count). The largest absolute Gasteiger partial charge is 0.380 e. The van der Waals surface area contributed by atoms with E-state index in [-0.39, 0.29) is 22.4 Å². The predicted octanol–water partition coefficient (Wildman–Crippen LogP) is 3.38. The van der Waals surface area contributed by atoms with Crippen LogP contribution in [0.3, 0.4) is 0 Å². The maximum atomic E-state index is 15.7. The standard InChI is InChI=1S/C25H25F5N2O4S/c1-2-37(35,36)31-22-18-10-19(18)32(23(33)24(34)11-25(29,30)12-24)20(22)8-13-4-3-5-17(21(13)28)14-6-15(26)9-16(27)7-14/h3-7,9,18-20,22,31,34H,2,8,10-12H2,1H3/t18-,19+,20+,22+/m1/s1/i10D2. The Morgan fingerprint density at radius 1 is 1.19 bits per heavy atom. The second kappa shape index (κ2) is 8.74. The van der Waals surface area contributed by atoms with Crippen LogP contribution in [0.25, 0.3) is 11.1 Å². The van der Waals surface area contributed by atoms with Crippen LogP contribution in [0.15, 0.2) is 36.4 Å². The maximum Gasteiger partial charge on any atom is 0.255 e. The van der Waals surface area contributed by atoms with E-state index in [1.807, 2.05) is 0 Å². The van der Waals surface area contributed by atoms with Gasteiger partial charge in [-0.25, -0.2) is 35.1 Å². The van der Waals surface area contributed by atoms with Crippen LogP contribution in [-0.2, 0) is 21.2 Å². The molecule has 3 fully saturated rings. The number of amides is 1. The second-order valence-electron chi connectivity index (χ2n) is 9.85. The van der Waals surface area contributed by atoms with Crippen LogP contribution in [0.5, 0.6) is 0 Å². The lowest BCUT2D eigenvalue weighted by atomic mass is 9.75. The Bertz CT molecular complexity index is 1430. The smallest absolute Gasteiger partial charge is 0.255 e. The number of carbonyl (C=O) groups is 1. The molecule has 3 aliphatic rings. The summed E-state index contributed by atoms with van der Waals surface area (Å²) in [5.74, 6) is -8.73. The third kappa shape index (κ3) is 4.74.